The lowest BCUT2D eigenvalue weighted by molar-refractivity contribution is 0.0893. The first-order valence-electron chi connectivity index (χ1n) is 7.44. The van der Waals surface area contributed by atoms with Crippen LogP contribution in [0.25, 0.3) is 27.7 Å². The summed E-state index contributed by atoms with van der Waals surface area (Å²) in [5.41, 5.74) is 3.16. The monoisotopic (exact) mass is 342 g/mol. The molecule has 0 saturated heterocycles. The van der Waals surface area contributed by atoms with Gasteiger partial charge in [0.1, 0.15) is 12.0 Å². The van der Waals surface area contributed by atoms with Crippen LogP contribution in [0.5, 0.6) is 0 Å². The van der Waals surface area contributed by atoms with E-state index in [9.17, 15) is 13.6 Å². The van der Waals surface area contributed by atoms with Gasteiger partial charge in [-0.1, -0.05) is 0 Å². The van der Waals surface area contributed by atoms with Gasteiger partial charge in [0.2, 0.25) is 0 Å². The van der Waals surface area contributed by atoms with Crippen LogP contribution in [0.2, 0.25) is 0 Å². The van der Waals surface area contributed by atoms with Crippen molar-refractivity contribution in [2.75, 3.05) is 6.54 Å². The van der Waals surface area contributed by atoms with Crippen molar-refractivity contribution in [3.8, 4) is 11.1 Å². The molecule has 0 radical (unpaired) electrons. The summed E-state index contributed by atoms with van der Waals surface area (Å²) in [6, 6.07) is 3.62. The zero-order valence-corrected chi connectivity index (χ0v) is 12.8. The van der Waals surface area contributed by atoms with Crippen molar-refractivity contribution in [3.63, 3.8) is 0 Å². The van der Waals surface area contributed by atoms with Crippen LogP contribution in [0, 0.1) is 0 Å². The van der Waals surface area contributed by atoms with Crippen molar-refractivity contribution < 1.29 is 13.6 Å². The number of alkyl halides is 2. The second-order valence-corrected chi connectivity index (χ2v) is 5.39. The lowest BCUT2D eigenvalue weighted by atomic mass is 10.1. The minimum Gasteiger partial charge on any atom is -0.346 e. The van der Waals surface area contributed by atoms with Gasteiger partial charge in [-0.2, -0.15) is 5.10 Å². The zero-order chi connectivity index (χ0) is 17.4. The number of rotatable bonds is 4. The van der Waals surface area contributed by atoms with E-state index in [1.807, 2.05) is 6.07 Å². The second kappa shape index (κ2) is 5.93. The van der Waals surface area contributed by atoms with E-state index in [1.165, 1.54) is 17.0 Å². The smallest absolute Gasteiger partial charge is 0.255 e. The molecular formula is C16H12F2N6O. The molecule has 0 spiro atoms. The molecule has 0 bridgehead atoms. The van der Waals surface area contributed by atoms with Crippen molar-refractivity contribution in [2.45, 2.75) is 6.43 Å². The SMILES string of the molecule is O=C(NCC(F)F)c1cnn2ccc(-c3c[nH]c4ncncc34)cc12. The number of hydrogen-bond acceptors (Lipinski definition) is 4. The van der Waals surface area contributed by atoms with Crippen molar-refractivity contribution >= 4 is 22.5 Å². The second-order valence-electron chi connectivity index (χ2n) is 5.39. The molecule has 0 fully saturated rings. The van der Waals surface area contributed by atoms with Crippen molar-refractivity contribution in [3.05, 3.63) is 48.8 Å². The van der Waals surface area contributed by atoms with Gasteiger partial charge < -0.3 is 10.3 Å². The molecule has 4 aromatic rings. The number of nitrogens with one attached hydrogen (secondary N) is 2. The molecule has 0 unspecified atom stereocenters. The largest absolute Gasteiger partial charge is 0.346 e. The minimum absolute atomic E-state index is 0.235. The van der Waals surface area contributed by atoms with Gasteiger partial charge in [-0.3, -0.25) is 4.79 Å². The topological polar surface area (TPSA) is 88.0 Å². The number of halogens is 2. The number of H-pyrrole nitrogens is 1. The zero-order valence-electron chi connectivity index (χ0n) is 12.8. The first kappa shape index (κ1) is 15.2. The molecule has 0 aliphatic carbocycles. The van der Waals surface area contributed by atoms with Crippen LogP contribution in [0.4, 0.5) is 8.78 Å². The predicted octanol–water partition coefficient (Wildman–Crippen LogP) is 2.27. The van der Waals surface area contributed by atoms with Gasteiger partial charge in [0.05, 0.1) is 23.8 Å². The number of carbonyl (C=O) groups is 1. The van der Waals surface area contributed by atoms with Crippen molar-refractivity contribution in [2.24, 2.45) is 0 Å². The maximum Gasteiger partial charge on any atom is 0.255 e. The van der Waals surface area contributed by atoms with E-state index >= 15 is 0 Å². The predicted molar refractivity (Wildman–Crippen MR) is 86.4 cm³/mol. The van der Waals surface area contributed by atoms with E-state index in [0.29, 0.717) is 11.2 Å². The Hall–Kier alpha value is -3.36. The number of aromatic amines is 1. The summed E-state index contributed by atoms with van der Waals surface area (Å²) in [7, 11) is 0. The lowest BCUT2D eigenvalue weighted by Gasteiger charge is -2.04. The van der Waals surface area contributed by atoms with Crippen LogP contribution in [-0.4, -0.2) is 43.4 Å². The first-order chi connectivity index (χ1) is 12.1. The van der Waals surface area contributed by atoms with Gasteiger partial charge in [0, 0.05) is 29.5 Å². The molecule has 9 heteroatoms. The highest BCUT2D eigenvalue weighted by molar-refractivity contribution is 6.02. The van der Waals surface area contributed by atoms with Crippen LogP contribution in [-0.2, 0) is 0 Å². The van der Waals surface area contributed by atoms with Crippen molar-refractivity contribution in [1.29, 1.82) is 0 Å². The normalized spacial score (nSPS) is 11.5. The van der Waals surface area contributed by atoms with E-state index < -0.39 is 18.9 Å². The Kier molecular flexibility index (Phi) is 3.60. The average molecular weight is 342 g/mol. The summed E-state index contributed by atoms with van der Waals surface area (Å²) < 4.78 is 26.1. The highest BCUT2D eigenvalue weighted by Crippen LogP contribution is 2.28. The van der Waals surface area contributed by atoms with Gasteiger partial charge >= 0.3 is 0 Å². The number of fused-ring (bicyclic) bond motifs is 2. The summed E-state index contributed by atoms with van der Waals surface area (Å²) in [4.78, 5) is 23.3. The van der Waals surface area contributed by atoms with E-state index in [0.717, 1.165) is 16.5 Å². The highest BCUT2D eigenvalue weighted by atomic mass is 19.3. The average Bonchev–Trinajstić information content (AvgIpc) is 3.23. The maximum atomic E-state index is 12.3. The molecule has 0 aliphatic rings. The molecule has 0 aliphatic heterocycles. The highest BCUT2D eigenvalue weighted by Gasteiger charge is 2.16. The number of amides is 1. The summed E-state index contributed by atoms with van der Waals surface area (Å²) in [5.74, 6) is -0.588. The summed E-state index contributed by atoms with van der Waals surface area (Å²) >= 11 is 0. The molecule has 126 valence electrons. The van der Waals surface area contributed by atoms with Crippen LogP contribution >= 0.6 is 0 Å². The fourth-order valence-electron chi connectivity index (χ4n) is 2.69. The number of aromatic nitrogens is 5. The molecule has 0 saturated carbocycles. The molecule has 7 nitrogen and oxygen atoms in total. The van der Waals surface area contributed by atoms with Crippen LogP contribution in [0.15, 0.2) is 43.2 Å². The van der Waals surface area contributed by atoms with Crippen LogP contribution < -0.4 is 5.32 Å². The first-order valence-corrected chi connectivity index (χ1v) is 7.44. The number of pyridine rings is 1. The maximum absolute atomic E-state index is 12.3. The molecule has 0 atom stereocenters. The van der Waals surface area contributed by atoms with E-state index in [2.05, 4.69) is 25.4 Å². The summed E-state index contributed by atoms with van der Waals surface area (Å²) in [6.07, 6.45) is 5.42. The summed E-state index contributed by atoms with van der Waals surface area (Å²) in [5, 5.41) is 7.12. The third-order valence-electron chi connectivity index (χ3n) is 3.85. The molecule has 1 amide bonds. The van der Waals surface area contributed by atoms with E-state index in [4.69, 9.17) is 0 Å². The standard InChI is InChI=1S/C16H12F2N6O/c17-14(18)7-21-16(25)12-6-23-24-2-1-9(3-13(12)24)10-5-20-15-11(10)4-19-8-22-15/h1-6,8,14H,7H2,(H,21,25)(H,19,20,22). The minimum atomic E-state index is -2.60. The van der Waals surface area contributed by atoms with Crippen LogP contribution in [0.1, 0.15) is 10.4 Å². The Morgan fingerprint density at radius 1 is 1.36 bits per heavy atom. The number of carbonyl (C=O) groups excluding carboxylic acids is 1. The Morgan fingerprint density at radius 3 is 3.08 bits per heavy atom. The third-order valence-corrected chi connectivity index (χ3v) is 3.85. The fraction of sp³-hybridized carbons (Fsp3) is 0.125. The molecule has 4 rings (SSSR count). The molecule has 0 aromatic carbocycles. The Balaban J connectivity index is 1.77. The van der Waals surface area contributed by atoms with Crippen LogP contribution in [0.3, 0.4) is 0 Å². The Morgan fingerprint density at radius 2 is 2.24 bits per heavy atom. The summed E-state index contributed by atoms with van der Waals surface area (Å²) in [6.45, 7) is -0.699. The lowest BCUT2D eigenvalue weighted by Crippen LogP contribution is -2.28. The Bertz CT molecular complexity index is 1070. The molecule has 4 heterocycles. The van der Waals surface area contributed by atoms with Gasteiger partial charge in [-0.05, 0) is 17.7 Å². The number of hydrogen-bond donors (Lipinski definition) is 2. The van der Waals surface area contributed by atoms with Gasteiger partial charge in [-0.25, -0.2) is 23.3 Å². The van der Waals surface area contributed by atoms with Gasteiger partial charge in [0.25, 0.3) is 12.3 Å². The van der Waals surface area contributed by atoms with E-state index in [1.54, 1.807) is 24.7 Å². The van der Waals surface area contributed by atoms with Gasteiger partial charge in [-0.15, -0.1) is 0 Å². The molecular weight excluding hydrogens is 330 g/mol. The Labute approximate surface area is 139 Å². The van der Waals surface area contributed by atoms with E-state index in [-0.39, 0.29) is 5.56 Å². The quantitative estimate of drug-likeness (QED) is 0.595. The van der Waals surface area contributed by atoms with Gasteiger partial charge in [0.15, 0.2) is 0 Å². The fourth-order valence-corrected chi connectivity index (χ4v) is 2.69. The van der Waals surface area contributed by atoms with Crippen molar-refractivity contribution in [1.82, 2.24) is 29.9 Å². The molecule has 25 heavy (non-hydrogen) atoms. The third kappa shape index (κ3) is 2.69. The molecule has 2 N–H and O–H groups in total. The molecule has 4 aromatic heterocycles. The number of nitrogens with zero attached hydrogens (tertiary/aromatic N) is 4.